The third kappa shape index (κ3) is 5.07. The average Bonchev–Trinajstić information content (AvgIpc) is 2.72. The summed E-state index contributed by atoms with van der Waals surface area (Å²) >= 11 is 0. The topological polar surface area (TPSA) is 57.5 Å². The Kier molecular flexibility index (Phi) is 6.22. The van der Waals surface area contributed by atoms with Gasteiger partial charge < -0.3 is 14.0 Å². The summed E-state index contributed by atoms with van der Waals surface area (Å²) in [6.07, 6.45) is 2.34. The normalized spacial score (nSPS) is 10.5. The Labute approximate surface area is 162 Å². The first-order valence-electron chi connectivity index (χ1n) is 8.80. The van der Waals surface area contributed by atoms with Crippen LogP contribution in [0.4, 0.5) is 4.39 Å². The molecule has 6 heteroatoms. The molecule has 144 valence electrons. The van der Waals surface area contributed by atoms with Gasteiger partial charge in [-0.3, -0.25) is 4.79 Å². The summed E-state index contributed by atoms with van der Waals surface area (Å²) in [6, 6.07) is 16.3. The maximum Gasteiger partial charge on any atom is 0.337 e. The van der Waals surface area contributed by atoms with Crippen LogP contribution in [-0.4, -0.2) is 17.6 Å². The Morgan fingerprint density at radius 2 is 1.68 bits per heavy atom. The SMILES string of the molecule is COC(=O)c1ccc(CCn2ccc(OCc3ccc(F)cc3)cc2=O)cc1. The second kappa shape index (κ2) is 8.99. The van der Waals surface area contributed by atoms with Crippen molar-refractivity contribution in [3.05, 3.63) is 99.7 Å². The first-order valence-corrected chi connectivity index (χ1v) is 8.80. The van der Waals surface area contributed by atoms with Gasteiger partial charge in [-0.15, -0.1) is 0 Å². The summed E-state index contributed by atoms with van der Waals surface area (Å²) in [5.74, 6) is -0.210. The van der Waals surface area contributed by atoms with Crippen molar-refractivity contribution in [2.24, 2.45) is 0 Å². The van der Waals surface area contributed by atoms with Gasteiger partial charge in [0.1, 0.15) is 18.2 Å². The highest BCUT2D eigenvalue weighted by Gasteiger charge is 2.05. The lowest BCUT2D eigenvalue weighted by Crippen LogP contribution is -2.19. The quantitative estimate of drug-likeness (QED) is 0.587. The molecule has 0 fully saturated rings. The van der Waals surface area contributed by atoms with E-state index in [4.69, 9.17) is 4.74 Å². The van der Waals surface area contributed by atoms with Crippen molar-refractivity contribution in [2.45, 2.75) is 19.6 Å². The molecule has 3 aromatic rings. The van der Waals surface area contributed by atoms with Crippen LogP contribution >= 0.6 is 0 Å². The maximum absolute atomic E-state index is 12.9. The third-order valence-corrected chi connectivity index (χ3v) is 4.30. The number of esters is 1. The Hall–Kier alpha value is -3.41. The van der Waals surface area contributed by atoms with Gasteiger partial charge >= 0.3 is 5.97 Å². The van der Waals surface area contributed by atoms with Crippen LogP contribution in [0.5, 0.6) is 5.75 Å². The van der Waals surface area contributed by atoms with Crippen molar-refractivity contribution >= 4 is 5.97 Å². The molecule has 28 heavy (non-hydrogen) atoms. The number of benzene rings is 2. The zero-order valence-electron chi connectivity index (χ0n) is 15.4. The molecule has 0 aliphatic rings. The van der Waals surface area contributed by atoms with Gasteiger partial charge in [0, 0.05) is 18.8 Å². The number of methoxy groups -OCH3 is 1. The molecule has 5 nitrogen and oxygen atoms in total. The zero-order valence-corrected chi connectivity index (χ0v) is 15.4. The summed E-state index contributed by atoms with van der Waals surface area (Å²) in [5, 5.41) is 0. The van der Waals surface area contributed by atoms with Crippen LogP contribution < -0.4 is 10.3 Å². The van der Waals surface area contributed by atoms with Gasteiger partial charge in [-0.25, -0.2) is 9.18 Å². The molecule has 0 atom stereocenters. The number of halogens is 1. The van der Waals surface area contributed by atoms with Crippen molar-refractivity contribution in [1.82, 2.24) is 4.57 Å². The second-order valence-electron chi connectivity index (χ2n) is 6.25. The molecule has 0 aliphatic carbocycles. The Morgan fingerprint density at radius 1 is 1.00 bits per heavy atom. The van der Waals surface area contributed by atoms with E-state index < -0.39 is 0 Å². The summed E-state index contributed by atoms with van der Waals surface area (Å²) in [6.45, 7) is 0.769. The van der Waals surface area contributed by atoms with Gasteiger partial charge in [0.2, 0.25) is 0 Å². The van der Waals surface area contributed by atoms with Gasteiger partial charge in [-0.1, -0.05) is 24.3 Å². The molecule has 0 amide bonds. The van der Waals surface area contributed by atoms with E-state index in [1.54, 1.807) is 41.1 Å². The maximum atomic E-state index is 12.9. The molecule has 1 aromatic heterocycles. The summed E-state index contributed by atoms with van der Waals surface area (Å²) in [7, 11) is 1.34. The Morgan fingerprint density at radius 3 is 2.32 bits per heavy atom. The lowest BCUT2D eigenvalue weighted by atomic mass is 10.1. The van der Waals surface area contributed by atoms with Crippen molar-refractivity contribution in [2.75, 3.05) is 7.11 Å². The van der Waals surface area contributed by atoms with Crippen molar-refractivity contribution < 1.29 is 18.7 Å². The number of aryl methyl sites for hydroxylation is 2. The van der Waals surface area contributed by atoms with Crippen molar-refractivity contribution in [1.29, 1.82) is 0 Å². The Balaban J connectivity index is 1.57. The predicted molar refractivity (Wildman–Crippen MR) is 103 cm³/mol. The summed E-state index contributed by atoms with van der Waals surface area (Å²) < 4.78 is 24.8. The molecule has 0 saturated heterocycles. The van der Waals surface area contributed by atoms with Crippen LogP contribution in [-0.2, 0) is 24.3 Å². The van der Waals surface area contributed by atoms with Crippen LogP contribution in [0.3, 0.4) is 0 Å². The highest BCUT2D eigenvalue weighted by Crippen LogP contribution is 2.11. The van der Waals surface area contributed by atoms with E-state index in [9.17, 15) is 14.0 Å². The van der Waals surface area contributed by atoms with Crippen molar-refractivity contribution in [3.63, 3.8) is 0 Å². The molecule has 0 unspecified atom stereocenters. The van der Waals surface area contributed by atoms with E-state index in [0.29, 0.717) is 24.3 Å². The van der Waals surface area contributed by atoms with Crippen LogP contribution in [0.15, 0.2) is 71.7 Å². The van der Waals surface area contributed by atoms with Gasteiger partial charge in [-0.2, -0.15) is 0 Å². The molecule has 0 saturated carbocycles. The standard InChI is InChI=1S/C22H20FNO4/c1-27-22(26)18-6-2-16(3-7-18)10-12-24-13-11-20(14-21(24)25)28-15-17-4-8-19(23)9-5-17/h2-9,11,13-14H,10,12,15H2,1H3. The fourth-order valence-electron chi connectivity index (χ4n) is 2.69. The Bertz CT molecular complexity index is 994. The minimum absolute atomic E-state index is 0.164. The molecule has 0 aliphatic heterocycles. The number of pyridine rings is 1. The molecule has 0 spiro atoms. The molecular formula is C22H20FNO4. The first-order chi connectivity index (χ1) is 13.5. The molecule has 0 radical (unpaired) electrons. The molecule has 1 heterocycles. The number of rotatable bonds is 7. The van der Waals surface area contributed by atoms with E-state index in [0.717, 1.165) is 11.1 Å². The lowest BCUT2D eigenvalue weighted by molar-refractivity contribution is 0.0600. The van der Waals surface area contributed by atoms with Gasteiger partial charge in [0.05, 0.1) is 12.7 Å². The number of hydrogen-bond acceptors (Lipinski definition) is 4. The third-order valence-electron chi connectivity index (χ3n) is 4.30. The van der Waals surface area contributed by atoms with E-state index in [1.165, 1.54) is 25.3 Å². The number of hydrogen-bond donors (Lipinski definition) is 0. The fourth-order valence-corrected chi connectivity index (χ4v) is 2.69. The average molecular weight is 381 g/mol. The molecule has 0 bridgehead atoms. The number of ether oxygens (including phenoxy) is 2. The molecular weight excluding hydrogens is 361 g/mol. The largest absolute Gasteiger partial charge is 0.489 e. The molecule has 2 aromatic carbocycles. The minimum Gasteiger partial charge on any atom is -0.489 e. The zero-order chi connectivity index (χ0) is 19.9. The van der Waals surface area contributed by atoms with Gasteiger partial charge in [0.25, 0.3) is 5.56 Å². The summed E-state index contributed by atoms with van der Waals surface area (Å²) in [5.41, 5.74) is 2.16. The van der Waals surface area contributed by atoms with Gasteiger partial charge in [-0.05, 0) is 47.9 Å². The monoisotopic (exact) mass is 381 g/mol. The molecule has 0 N–H and O–H groups in total. The van der Waals surface area contributed by atoms with Crippen LogP contribution in [0.25, 0.3) is 0 Å². The van der Waals surface area contributed by atoms with Crippen LogP contribution in [0.2, 0.25) is 0 Å². The highest BCUT2D eigenvalue weighted by atomic mass is 19.1. The molecule has 3 rings (SSSR count). The van der Waals surface area contributed by atoms with Crippen LogP contribution in [0, 0.1) is 5.82 Å². The number of nitrogens with zero attached hydrogens (tertiary/aromatic N) is 1. The van der Waals surface area contributed by atoms with Crippen molar-refractivity contribution in [3.8, 4) is 5.75 Å². The number of aromatic nitrogens is 1. The fraction of sp³-hybridized carbons (Fsp3) is 0.182. The summed E-state index contributed by atoms with van der Waals surface area (Å²) in [4.78, 5) is 23.7. The van der Waals surface area contributed by atoms with E-state index >= 15 is 0 Å². The van der Waals surface area contributed by atoms with E-state index in [-0.39, 0.29) is 24.0 Å². The predicted octanol–water partition coefficient (Wildman–Crippen LogP) is 3.60. The second-order valence-corrected chi connectivity index (χ2v) is 6.25. The number of carbonyl (C=O) groups excluding carboxylic acids is 1. The number of carbonyl (C=O) groups is 1. The minimum atomic E-state index is -0.376. The van der Waals surface area contributed by atoms with Crippen LogP contribution in [0.1, 0.15) is 21.5 Å². The van der Waals surface area contributed by atoms with E-state index in [2.05, 4.69) is 4.74 Å². The van der Waals surface area contributed by atoms with E-state index in [1.807, 2.05) is 12.1 Å². The first kappa shape index (κ1) is 19.4. The lowest BCUT2D eigenvalue weighted by Gasteiger charge is -2.09. The van der Waals surface area contributed by atoms with Gasteiger partial charge in [0.15, 0.2) is 0 Å². The highest BCUT2D eigenvalue weighted by molar-refractivity contribution is 5.89. The smallest absolute Gasteiger partial charge is 0.337 e.